The van der Waals surface area contributed by atoms with Gasteiger partial charge >= 0.3 is 0 Å². The topological polar surface area (TPSA) is 49.5 Å². The van der Waals surface area contributed by atoms with Gasteiger partial charge in [-0.05, 0) is 30.9 Å². The number of benzene rings is 1. The summed E-state index contributed by atoms with van der Waals surface area (Å²) in [6, 6.07) is 8.38. The molecule has 94 valence electrons. The third kappa shape index (κ3) is 2.79. The van der Waals surface area contributed by atoms with Gasteiger partial charge in [0.2, 0.25) is 0 Å². The van der Waals surface area contributed by atoms with Crippen LogP contribution in [-0.4, -0.2) is 24.3 Å². The van der Waals surface area contributed by atoms with Gasteiger partial charge in [-0.2, -0.15) is 0 Å². The molecule has 0 saturated carbocycles. The highest BCUT2D eigenvalue weighted by Gasteiger charge is 2.21. The van der Waals surface area contributed by atoms with Crippen LogP contribution < -0.4 is 10.6 Å². The molecule has 0 aliphatic carbocycles. The van der Waals surface area contributed by atoms with Crippen molar-refractivity contribution in [2.24, 2.45) is 5.73 Å². The molecule has 1 aliphatic heterocycles. The first-order valence-electron chi connectivity index (χ1n) is 6.50. The number of rotatable bonds is 3. The van der Waals surface area contributed by atoms with E-state index in [9.17, 15) is 5.11 Å². The Balaban J connectivity index is 2.24. The highest BCUT2D eigenvalue weighted by molar-refractivity contribution is 5.55. The molecule has 0 radical (unpaired) electrons. The van der Waals surface area contributed by atoms with Gasteiger partial charge in [0, 0.05) is 24.8 Å². The van der Waals surface area contributed by atoms with E-state index in [1.54, 1.807) is 0 Å². The first-order chi connectivity index (χ1) is 8.22. The highest BCUT2D eigenvalue weighted by atomic mass is 16.3. The van der Waals surface area contributed by atoms with Crippen LogP contribution in [0.1, 0.15) is 37.8 Å². The van der Waals surface area contributed by atoms with Crippen molar-refractivity contribution in [2.75, 3.05) is 18.0 Å². The molecule has 0 bridgehead atoms. The van der Waals surface area contributed by atoms with Gasteiger partial charge in [-0.25, -0.2) is 0 Å². The molecular formula is C14H22N2O. The quantitative estimate of drug-likeness (QED) is 0.841. The lowest BCUT2D eigenvalue weighted by Gasteiger charge is -2.34. The van der Waals surface area contributed by atoms with Crippen LogP contribution in [0.5, 0.6) is 0 Å². The monoisotopic (exact) mass is 234 g/mol. The summed E-state index contributed by atoms with van der Waals surface area (Å²) in [6.07, 6.45) is 2.71. The Bertz CT molecular complexity index is 367. The van der Waals surface area contributed by atoms with Gasteiger partial charge < -0.3 is 15.7 Å². The number of para-hydroxylation sites is 1. The summed E-state index contributed by atoms with van der Waals surface area (Å²) in [5.41, 5.74) is 8.54. The molecule has 3 heteroatoms. The Labute approximate surface area is 103 Å². The predicted octanol–water partition coefficient (Wildman–Crippen LogP) is 2.06. The number of β-amino-alcohol motifs (C(OH)–C–C–N with tert-alkyl or cyclic N) is 1. The van der Waals surface area contributed by atoms with Crippen LogP contribution in [0.25, 0.3) is 0 Å². The van der Waals surface area contributed by atoms with Gasteiger partial charge in [0.15, 0.2) is 0 Å². The van der Waals surface area contributed by atoms with E-state index >= 15 is 0 Å². The van der Waals surface area contributed by atoms with Gasteiger partial charge in [0.1, 0.15) is 0 Å². The molecule has 3 N–H and O–H groups in total. The number of hydrogen-bond acceptors (Lipinski definition) is 3. The van der Waals surface area contributed by atoms with E-state index in [-0.39, 0.29) is 12.1 Å². The summed E-state index contributed by atoms with van der Waals surface area (Å²) < 4.78 is 0. The Kier molecular flexibility index (Phi) is 4.02. The minimum atomic E-state index is -0.199. The van der Waals surface area contributed by atoms with Crippen LogP contribution in [-0.2, 0) is 0 Å². The number of anilines is 1. The van der Waals surface area contributed by atoms with Crippen LogP contribution in [0.2, 0.25) is 0 Å². The fraction of sp³-hybridized carbons (Fsp3) is 0.571. The second-order valence-electron chi connectivity index (χ2n) is 4.82. The zero-order chi connectivity index (χ0) is 12.3. The van der Waals surface area contributed by atoms with Gasteiger partial charge in [-0.3, -0.25) is 0 Å². The molecule has 2 unspecified atom stereocenters. The summed E-state index contributed by atoms with van der Waals surface area (Å²) in [5.74, 6) is 0. The molecule has 17 heavy (non-hydrogen) atoms. The smallest absolute Gasteiger partial charge is 0.0715 e. The number of aliphatic hydroxyl groups is 1. The van der Waals surface area contributed by atoms with Gasteiger partial charge in [0.05, 0.1) is 6.10 Å². The first kappa shape index (κ1) is 12.4. The van der Waals surface area contributed by atoms with E-state index in [0.29, 0.717) is 0 Å². The molecular weight excluding hydrogens is 212 g/mol. The van der Waals surface area contributed by atoms with Crippen LogP contribution in [0.4, 0.5) is 5.69 Å². The zero-order valence-corrected chi connectivity index (χ0v) is 10.5. The SMILES string of the molecule is CCC(N)c1ccccc1N1CCCC(O)C1. The van der Waals surface area contributed by atoms with E-state index < -0.39 is 0 Å². The summed E-state index contributed by atoms with van der Waals surface area (Å²) in [6.45, 7) is 3.85. The normalized spacial score (nSPS) is 22.5. The first-order valence-corrected chi connectivity index (χ1v) is 6.50. The van der Waals surface area contributed by atoms with Crippen molar-refractivity contribution in [1.29, 1.82) is 0 Å². The maximum Gasteiger partial charge on any atom is 0.0715 e. The third-order valence-electron chi connectivity index (χ3n) is 3.51. The molecule has 0 aromatic heterocycles. The van der Waals surface area contributed by atoms with Crippen LogP contribution >= 0.6 is 0 Å². The van der Waals surface area contributed by atoms with E-state index in [2.05, 4.69) is 24.0 Å². The van der Waals surface area contributed by atoms with Crippen molar-refractivity contribution in [3.05, 3.63) is 29.8 Å². The lowest BCUT2D eigenvalue weighted by Crippen LogP contribution is -2.39. The van der Waals surface area contributed by atoms with Gasteiger partial charge in [-0.15, -0.1) is 0 Å². The Morgan fingerprint density at radius 2 is 2.24 bits per heavy atom. The van der Waals surface area contributed by atoms with Crippen LogP contribution in [0.3, 0.4) is 0 Å². The van der Waals surface area contributed by atoms with Gasteiger partial charge in [0.25, 0.3) is 0 Å². The summed E-state index contributed by atoms with van der Waals surface area (Å²) in [5, 5.41) is 9.75. The van der Waals surface area contributed by atoms with Crippen LogP contribution in [0.15, 0.2) is 24.3 Å². The molecule has 0 spiro atoms. The Morgan fingerprint density at radius 1 is 1.47 bits per heavy atom. The summed E-state index contributed by atoms with van der Waals surface area (Å²) >= 11 is 0. The molecule has 3 nitrogen and oxygen atoms in total. The van der Waals surface area contributed by atoms with Crippen molar-refractivity contribution < 1.29 is 5.11 Å². The largest absolute Gasteiger partial charge is 0.391 e. The second-order valence-corrected chi connectivity index (χ2v) is 4.82. The maximum atomic E-state index is 9.75. The lowest BCUT2D eigenvalue weighted by molar-refractivity contribution is 0.154. The van der Waals surface area contributed by atoms with Gasteiger partial charge in [-0.1, -0.05) is 25.1 Å². The minimum absolute atomic E-state index is 0.0882. The Morgan fingerprint density at radius 3 is 2.94 bits per heavy atom. The zero-order valence-electron chi connectivity index (χ0n) is 10.5. The Hall–Kier alpha value is -1.06. The molecule has 1 saturated heterocycles. The van der Waals surface area contributed by atoms with Crippen molar-refractivity contribution in [2.45, 2.75) is 38.3 Å². The van der Waals surface area contributed by atoms with E-state index in [1.807, 2.05) is 12.1 Å². The summed E-state index contributed by atoms with van der Waals surface area (Å²) in [4.78, 5) is 2.26. The van der Waals surface area contributed by atoms with E-state index in [1.165, 1.54) is 11.3 Å². The molecule has 2 rings (SSSR count). The maximum absolute atomic E-state index is 9.75. The number of nitrogens with zero attached hydrogens (tertiary/aromatic N) is 1. The predicted molar refractivity (Wildman–Crippen MR) is 71.1 cm³/mol. The highest BCUT2D eigenvalue weighted by Crippen LogP contribution is 2.28. The van der Waals surface area contributed by atoms with Crippen molar-refractivity contribution >= 4 is 5.69 Å². The average Bonchev–Trinajstić information content (AvgIpc) is 2.38. The lowest BCUT2D eigenvalue weighted by atomic mass is 10.00. The fourth-order valence-electron chi connectivity index (χ4n) is 2.48. The molecule has 1 fully saturated rings. The van der Waals surface area contributed by atoms with Crippen molar-refractivity contribution in [1.82, 2.24) is 0 Å². The minimum Gasteiger partial charge on any atom is -0.391 e. The summed E-state index contributed by atoms with van der Waals surface area (Å²) in [7, 11) is 0. The van der Waals surface area contributed by atoms with E-state index in [4.69, 9.17) is 5.73 Å². The molecule has 1 aromatic rings. The molecule has 0 amide bonds. The molecule has 2 atom stereocenters. The molecule has 1 heterocycles. The molecule has 1 aromatic carbocycles. The van der Waals surface area contributed by atoms with E-state index in [0.717, 1.165) is 32.4 Å². The third-order valence-corrected chi connectivity index (χ3v) is 3.51. The number of hydrogen-bond donors (Lipinski definition) is 2. The number of piperidine rings is 1. The standard InChI is InChI=1S/C14H22N2O/c1-2-13(15)12-7-3-4-8-14(12)16-9-5-6-11(17)10-16/h3-4,7-8,11,13,17H,2,5-6,9-10,15H2,1H3. The molecule has 1 aliphatic rings. The van der Waals surface area contributed by atoms with Crippen molar-refractivity contribution in [3.63, 3.8) is 0 Å². The number of aliphatic hydroxyl groups excluding tert-OH is 1. The number of nitrogens with two attached hydrogens (primary N) is 1. The van der Waals surface area contributed by atoms with Crippen LogP contribution in [0, 0.1) is 0 Å². The average molecular weight is 234 g/mol. The van der Waals surface area contributed by atoms with Crippen molar-refractivity contribution in [3.8, 4) is 0 Å². The fourth-order valence-corrected chi connectivity index (χ4v) is 2.48. The second kappa shape index (κ2) is 5.52.